The Labute approximate surface area is 108 Å². The molecule has 2 aliphatic rings. The van der Waals surface area contributed by atoms with E-state index in [9.17, 15) is 0 Å². The third-order valence-electron chi connectivity index (χ3n) is 2.20. The molecule has 0 amide bonds. The molecular weight excluding hydrogens is 207 g/mol. The molecule has 76 valence electrons. The van der Waals surface area contributed by atoms with Crippen molar-refractivity contribution in [1.82, 2.24) is 0 Å². The van der Waals surface area contributed by atoms with E-state index in [1.807, 2.05) is 0 Å². The van der Waals surface area contributed by atoms with Crippen molar-refractivity contribution in [2.45, 2.75) is 25.5 Å². The van der Waals surface area contributed by atoms with Crippen molar-refractivity contribution in [2.24, 2.45) is 0 Å². The van der Waals surface area contributed by atoms with Gasteiger partial charge in [0.15, 0.2) is 0 Å². The molecule has 0 aromatic heterocycles. The van der Waals surface area contributed by atoms with Gasteiger partial charge in [-0.2, -0.15) is 0 Å². The van der Waals surface area contributed by atoms with Gasteiger partial charge in [0.05, 0.1) is 0 Å². The largest absolute Gasteiger partial charge is 0.397 e. The Kier molecular flexibility index (Phi) is 6.68. The van der Waals surface area contributed by atoms with E-state index in [1.165, 1.54) is 0 Å². The fourth-order valence-electron chi connectivity index (χ4n) is 1.58. The topological polar surface area (TPSA) is 0 Å². The van der Waals surface area contributed by atoms with Crippen molar-refractivity contribution >= 4 is 34.5 Å². The van der Waals surface area contributed by atoms with E-state index in [0.29, 0.717) is 0 Å². The van der Waals surface area contributed by atoms with Crippen LogP contribution in [0.4, 0.5) is 0 Å². The lowest BCUT2D eigenvalue weighted by Crippen LogP contribution is -2.01. The van der Waals surface area contributed by atoms with Crippen LogP contribution in [0.3, 0.4) is 0 Å². The molecule has 0 saturated heterocycles. The van der Waals surface area contributed by atoms with E-state index in [2.05, 4.69) is 66.0 Å². The van der Waals surface area contributed by atoms with Gasteiger partial charge in [-0.15, -0.1) is 41.7 Å². The van der Waals surface area contributed by atoms with Crippen molar-refractivity contribution in [2.75, 3.05) is 0 Å². The maximum atomic E-state index is 2.33. The van der Waals surface area contributed by atoms with Gasteiger partial charge in [-0.05, 0) is 0 Å². The van der Waals surface area contributed by atoms with Crippen LogP contribution in [-0.2, 0) is 0 Å². The molecule has 15 heavy (non-hydrogen) atoms. The Bertz CT molecular complexity index is 234. The van der Waals surface area contributed by atoms with Gasteiger partial charge in [-0.1, -0.05) is 32.4 Å². The summed E-state index contributed by atoms with van der Waals surface area (Å²) < 4.78 is 1.62. The summed E-state index contributed by atoms with van der Waals surface area (Å²) in [5, 5.41) is 0. The smallest absolute Gasteiger partial charge is 0.106 e. The lowest BCUT2D eigenvalue weighted by Gasteiger charge is -2.04. The molecule has 0 aromatic carbocycles. The number of hydrogen-bond donors (Lipinski definition) is 0. The summed E-state index contributed by atoms with van der Waals surface area (Å²) in [4.78, 5) is 0. The zero-order valence-corrected chi connectivity index (χ0v) is 12.6. The first-order valence-electron chi connectivity index (χ1n) is 5.88. The van der Waals surface area contributed by atoms with Gasteiger partial charge in [0.2, 0.25) is 0 Å². The number of rotatable bonds is 2. The van der Waals surface area contributed by atoms with Gasteiger partial charge in [0, 0.05) is 0 Å². The second kappa shape index (κ2) is 7.52. The van der Waals surface area contributed by atoms with Gasteiger partial charge < -0.3 is 0 Å². The molecule has 0 radical (unpaired) electrons. The normalized spacial score (nSPS) is 17.8. The van der Waals surface area contributed by atoms with E-state index in [-0.39, 0.29) is 34.5 Å². The van der Waals surface area contributed by atoms with E-state index in [0.717, 1.165) is 8.09 Å². The summed E-state index contributed by atoms with van der Waals surface area (Å²) in [6.45, 7) is 0. The first kappa shape index (κ1) is 13.3. The van der Waals surface area contributed by atoms with Crippen LogP contribution in [0, 0.1) is 0 Å². The molecular formula is C13H19AlMg. The molecule has 0 aliphatic heterocycles. The third kappa shape index (κ3) is 6.43. The van der Waals surface area contributed by atoms with Gasteiger partial charge >= 0.3 is 20.4 Å². The molecule has 0 aromatic rings. The van der Waals surface area contributed by atoms with Crippen molar-refractivity contribution in [1.29, 1.82) is 0 Å². The lowest BCUT2D eigenvalue weighted by atomic mass is 10.4. The second-order valence-corrected chi connectivity index (χ2v) is 10.7. The average molecular weight is 227 g/mol. The molecule has 0 N–H and O–H groups in total. The van der Waals surface area contributed by atoms with Crippen LogP contribution in [0.1, 0.15) is 0 Å². The van der Waals surface area contributed by atoms with Crippen LogP contribution < -0.4 is 0 Å². The van der Waals surface area contributed by atoms with Crippen molar-refractivity contribution in [3.05, 3.63) is 48.6 Å². The minimum atomic E-state index is -0.139. The first-order valence-corrected chi connectivity index (χ1v) is 11.0. The summed E-state index contributed by atoms with van der Waals surface area (Å²) in [6, 6.07) is 0. The fourth-order valence-corrected chi connectivity index (χ4v) is 3.47. The minimum Gasteiger partial charge on any atom is -0.106 e. The highest BCUT2D eigenvalue weighted by molar-refractivity contribution is 6.54. The average Bonchev–Trinajstić information content (AvgIpc) is 2.76. The number of allylic oxidation sites excluding steroid dienone is 8. The van der Waals surface area contributed by atoms with Gasteiger partial charge in [0.25, 0.3) is 14.1 Å². The Hall–Kier alpha value is 0.259. The maximum Gasteiger partial charge on any atom is 0.397 e. The molecule has 2 heteroatoms. The molecule has 0 atom stereocenters. The summed E-state index contributed by atoms with van der Waals surface area (Å²) in [5.41, 5.74) is 0. The highest BCUT2D eigenvalue weighted by atomic mass is 27.2. The van der Waals surface area contributed by atoms with Crippen molar-refractivity contribution in [3.8, 4) is 0 Å². The van der Waals surface area contributed by atoms with Crippen LogP contribution in [0.5, 0.6) is 0 Å². The summed E-state index contributed by atoms with van der Waals surface area (Å²) in [7, 11) is 0. The van der Waals surface area contributed by atoms with E-state index >= 15 is 0 Å². The molecule has 0 nitrogen and oxygen atoms in total. The molecule has 0 saturated carbocycles. The van der Waals surface area contributed by atoms with Crippen LogP contribution in [0.15, 0.2) is 48.6 Å². The van der Waals surface area contributed by atoms with Crippen LogP contribution >= 0.6 is 0 Å². The molecule has 0 fully saturated rings. The van der Waals surface area contributed by atoms with Crippen LogP contribution in [0.2, 0.25) is 25.5 Å². The standard InChI is InChI=1S/2C5H5.3CH3.Al.Mg/c2*1-2-4-5-3-1;;;;;/h2*1-5H;3*1H3;;. The first-order chi connectivity index (χ1) is 7.18. The maximum absolute atomic E-state index is 2.33. The predicted octanol–water partition coefficient (Wildman–Crippen LogP) is 3.89. The number of hydrogen-bond acceptors (Lipinski definition) is 0. The second-order valence-electron chi connectivity index (χ2n) is 4.84. The zero-order valence-electron chi connectivity index (χ0n) is 10.1. The molecule has 2 rings (SSSR count). The summed E-state index contributed by atoms with van der Waals surface area (Å²) in [6.07, 6.45) is 18.0. The van der Waals surface area contributed by atoms with Gasteiger partial charge in [-0.25, -0.2) is 0 Å². The predicted molar refractivity (Wildman–Crippen MR) is 73.2 cm³/mol. The molecule has 2 aliphatic carbocycles. The van der Waals surface area contributed by atoms with Crippen molar-refractivity contribution < 1.29 is 0 Å². The van der Waals surface area contributed by atoms with Crippen molar-refractivity contribution in [3.63, 3.8) is 0 Å². The Balaban J connectivity index is 0.000000245. The minimum absolute atomic E-state index is 0.0170. The van der Waals surface area contributed by atoms with E-state index in [1.54, 1.807) is 0 Å². The highest BCUT2D eigenvalue weighted by Gasteiger charge is 2.15. The quantitative estimate of drug-likeness (QED) is 0.627. The molecule has 0 bridgehead atoms. The lowest BCUT2D eigenvalue weighted by molar-refractivity contribution is 1.28. The monoisotopic (exact) mass is 226 g/mol. The molecule has 0 spiro atoms. The van der Waals surface area contributed by atoms with Crippen LogP contribution in [-0.4, -0.2) is 34.5 Å². The third-order valence-corrected chi connectivity index (χ3v) is 4.38. The van der Waals surface area contributed by atoms with E-state index < -0.39 is 0 Å². The van der Waals surface area contributed by atoms with E-state index in [4.69, 9.17) is 0 Å². The molecule has 0 unspecified atom stereocenters. The van der Waals surface area contributed by atoms with Gasteiger partial charge in [-0.3, -0.25) is 0 Å². The van der Waals surface area contributed by atoms with Gasteiger partial charge in [0.1, 0.15) is 0 Å². The summed E-state index contributed by atoms with van der Waals surface area (Å²) in [5.74, 6) is 6.92. The SMILES string of the molecule is C1=C[CH]([Mg][CH]2C=CC=C2)C=C1.[CH3][Al]([CH3])[CH3]. The summed E-state index contributed by atoms with van der Waals surface area (Å²) >= 11 is -0.122. The Morgan fingerprint density at radius 2 is 1.00 bits per heavy atom. The van der Waals surface area contributed by atoms with Crippen LogP contribution in [0.25, 0.3) is 0 Å². The molecule has 0 heterocycles. The fraction of sp³-hybridized carbons (Fsp3) is 0.385. The zero-order chi connectivity index (χ0) is 11.1. The highest BCUT2D eigenvalue weighted by Crippen LogP contribution is 2.23. The Morgan fingerprint density at radius 1 is 0.733 bits per heavy atom. The Morgan fingerprint density at radius 3 is 1.27 bits per heavy atom.